The van der Waals surface area contributed by atoms with Crippen molar-refractivity contribution in [2.75, 3.05) is 33.5 Å². The molecule has 1 unspecified atom stereocenters. The third-order valence-corrected chi connectivity index (χ3v) is 3.68. The Balaban J connectivity index is 4.74. The molecule has 0 rings (SSSR count). The standard InChI is InChI=1S/C16H27NO6/c1-6-16(4,14(20)23-10-9-21-5)11-15(2,3)13(19)22-8-7-17-12-18/h6-11H2,1-5H3. The molecule has 0 radical (unpaired) electrons. The highest BCUT2D eigenvalue weighted by atomic mass is 16.6. The fourth-order valence-electron chi connectivity index (χ4n) is 2.21. The lowest BCUT2D eigenvalue weighted by Gasteiger charge is -2.33. The van der Waals surface area contributed by atoms with Crippen molar-refractivity contribution in [1.82, 2.24) is 0 Å². The number of nitrogens with zero attached hydrogens (tertiary/aromatic N) is 1. The lowest BCUT2D eigenvalue weighted by atomic mass is 9.72. The molecule has 0 fully saturated rings. The van der Waals surface area contributed by atoms with E-state index in [9.17, 15) is 14.4 Å². The van der Waals surface area contributed by atoms with Gasteiger partial charge in [-0.2, -0.15) is 0 Å². The Bertz CT molecular complexity index is 442. The Morgan fingerprint density at radius 3 is 2.17 bits per heavy atom. The maximum absolute atomic E-state index is 12.3. The molecule has 0 amide bonds. The second-order valence-corrected chi connectivity index (χ2v) is 6.21. The third-order valence-electron chi connectivity index (χ3n) is 3.68. The minimum atomic E-state index is -0.865. The normalized spacial score (nSPS) is 13.6. The van der Waals surface area contributed by atoms with Gasteiger partial charge in [0.05, 0.1) is 24.0 Å². The van der Waals surface area contributed by atoms with Crippen LogP contribution in [0, 0.1) is 10.8 Å². The summed E-state index contributed by atoms with van der Waals surface area (Å²) >= 11 is 0. The van der Waals surface area contributed by atoms with Gasteiger partial charge in [0, 0.05) is 7.11 Å². The highest BCUT2D eigenvalue weighted by Crippen LogP contribution is 2.38. The Morgan fingerprint density at radius 1 is 1.04 bits per heavy atom. The number of hydrogen-bond donors (Lipinski definition) is 0. The van der Waals surface area contributed by atoms with Gasteiger partial charge in [-0.1, -0.05) is 6.92 Å². The van der Waals surface area contributed by atoms with E-state index in [2.05, 4.69) is 4.99 Å². The van der Waals surface area contributed by atoms with Gasteiger partial charge in [-0.3, -0.25) is 9.59 Å². The van der Waals surface area contributed by atoms with Crippen molar-refractivity contribution in [1.29, 1.82) is 0 Å². The van der Waals surface area contributed by atoms with Crippen LogP contribution in [-0.4, -0.2) is 51.5 Å². The largest absolute Gasteiger partial charge is 0.463 e. The second kappa shape index (κ2) is 10.1. The zero-order valence-corrected chi connectivity index (χ0v) is 14.6. The smallest absolute Gasteiger partial charge is 0.311 e. The lowest BCUT2D eigenvalue weighted by Crippen LogP contribution is -2.39. The number of carbonyl (C=O) groups is 2. The molecule has 0 heterocycles. The molecular weight excluding hydrogens is 302 g/mol. The topological polar surface area (TPSA) is 91.3 Å². The molecule has 0 bridgehead atoms. The predicted octanol–water partition coefficient (Wildman–Crippen LogP) is 1.89. The highest BCUT2D eigenvalue weighted by Gasteiger charge is 2.42. The molecule has 0 aliphatic heterocycles. The zero-order chi connectivity index (χ0) is 17.9. The van der Waals surface area contributed by atoms with Gasteiger partial charge in [-0.05, 0) is 33.6 Å². The summed E-state index contributed by atoms with van der Waals surface area (Å²) in [7, 11) is 1.53. The number of isocyanates is 1. The van der Waals surface area contributed by atoms with Gasteiger partial charge in [0.1, 0.15) is 13.2 Å². The van der Waals surface area contributed by atoms with Crippen molar-refractivity contribution in [3.05, 3.63) is 0 Å². The molecule has 0 aromatic carbocycles. The average molecular weight is 329 g/mol. The van der Waals surface area contributed by atoms with Crippen LogP contribution in [0.4, 0.5) is 0 Å². The first-order valence-electron chi connectivity index (χ1n) is 7.60. The molecule has 0 aliphatic carbocycles. The van der Waals surface area contributed by atoms with Crippen LogP contribution in [0.5, 0.6) is 0 Å². The van der Waals surface area contributed by atoms with E-state index in [0.717, 1.165) is 0 Å². The summed E-state index contributed by atoms with van der Waals surface area (Å²) in [5.74, 6) is -0.800. The average Bonchev–Trinajstić information content (AvgIpc) is 2.50. The molecule has 132 valence electrons. The highest BCUT2D eigenvalue weighted by molar-refractivity contribution is 5.80. The molecule has 0 spiro atoms. The van der Waals surface area contributed by atoms with Crippen molar-refractivity contribution in [2.45, 2.75) is 40.5 Å². The molecule has 0 N–H and O–H groups in total. The molecule has 0 saturated heterocycles. The number of ether oxygens (including phenoxy) is 3. The van der Waals surface area contributed by atoms with Crippen molar-refractivity contribution < 1.29 is 28.6 Å². The Morgan fingerprint density at radius 2 is 1.65 bits per heavy atom. The lowest BCUT2D eigenvalue weighted by molar-refractivity contribution is -0.163. The van der Waals surface area contributed by atoms with Crippen LogP contribution in [0.2, 0.25) is 0 Å². The summed E-state index contributed by atoms with van der Waals surface area (Å²) in [5, 5.41) is 0. The van der Waals surface area contributed by atoms with Crippen LogP contribution in [-0.2, 0) is 28.6 Å². The van der Waals surface area contributed by atoms with Gasteiger partial charge in [0.25, 0.3) is 0 Å². The van der Waals surface area contributed by atoms with Crippen LogP contribution in [0.15, 0.2) is 4.99 Å². The molecule has 0 aromatic rings. The number of hydrogen-bond acceptors (Lipinski definition) is 7. The van der Waals surface area contributed by atoms with Crippen molar-refractivity contribution in [3.63, 3.8) is 0 Å². The summed E-state index contributed by atoms with van der Waals surface area (Å²) < 4.78 is 15.2. The minimum Gasteiger partial charge on any atom is -0.463 e. The number of carbonyl (C=O) groups excluding carboxylic acids is 3. The van der Waals surface area contributed by atoms with Crippen molar-refractivity contribution in [3.8, 4) is 0 Å². The predicted molar refractivity (Wildman–Crippen MR) is 83.6 cm³/mol. The molecule has 1 atom stereocenters. The molecular formula is C16H27NO6. The van der Waals surface area contributed by atoms with Gasteiger partial charge in [-0.25, -0.2) is 9.79 Å². The Hall–Kier alpha value is -1.72. The van der Waals surface area contributed by atoms with E-state index in [1.165, 1.54) is 13.2 Å². The van der Waals surface area contributed by atoms with Crippen molar-refractivity contribution >= 4 is 18.0 Å². The molecule has 23 heavy (non-hydrogen) atoms. The fraction of sp³-hybridized carbons (Fsp3) is 0.812. The summed E-state index contributed by atoms with van der Waals surface area (Å²) in [6.07, 6.45) is 2.20. The number of aliphatic imine (C=N–C) groups is 1. The van der Waals surface area contributed by atoms with Gasteiger partial charge >= 0.3 is 11.9 Å². The molecule has 0 aliphatic rings. The Kier molecular flexibility index (Phi) is 9.37. The van der Waals surface area contributed by atoms with Gasteiger partial charge in [-0.15, -0.1) is 0 Å². The molecule has 0 saturated carbocycles. The summed E-state index contributed by atoms with van der Waals surface area (Å²) in [5.41, 5.74) is -1.66. The van der Waals surface area contributed by atoms with Crippen LogP contribution < -0.4 is 0 Å². The van der Waals surface area contributed by atoms with Crippen LogP contribution in [0.1, 0.15) is 40.5 Å². The monoisotopic (exact) mass is 329 g/mol. The maximum atomic E-state index is 12.3. The molecule has 0 aromatic heterocycles. The van der Waals surface area contributed by atoms with E-state index in [1.807, 2.05) is 6.92 Å². The number of methoxy groups -OCH3 is 1. The van der Waals surface area contributed by atoms with Gasteiger partial charge in [0.2, 0.25) is 6.08 Å². The van der Waals surface area contributed by atoms with Gasteiger partial charge < -0.3 is 14.2 Å². The second-order valence-electron chi connectivity index (χ2n) is 6.21. The molecule has 7 heteroatoms. The summed E-state index contributed by atoms with van der Waals surface area (Å²) in [6, 6.07) is 0. The van der Waals surface area contributed by atoms with Gasteiger partial charge in [0.15, 0.2) is 0 Å². The number of esters is 2. The zero-order valence-electron chi connectivity index (χ0n) is 14.6. The molecule has 7 nitrogen and oxygen atoms in total. The number of rotatable bonds is 11. The first-order chi connectivity index (χ1) is 10.7. The SMILES string of the molecule is CCC(C)(CC(C)(C)C(=O)OCCN=C=O)C(=O)OCCOC. The van der Waals surface area contributed by atoms with E-state index >= 15 is 0 Å². The van der Waals surface area contributed by atoms with E-state index in [-0.39, 0.29) is 32.1 Å². The van der Waals surface area contributed by atoms with E-state index in [4.69, 9.17) is 14.2 Å². The quantitative estimate of drug-likeness (QED) is 0.249. The van der Waals surface area contributed by atoms with Crippen LogP contribution >= 0.6 is 0 Å². The summed E-state index contributed by atoms with van der Waals surface area (Å²) in [6.45, 7) is 7.68. The Labute approximate surface area is 137 Å². The fourth-order valence-corrected chi connectivity index (χ4v) is 2.21. The van der Waals surface area contributed by atoms with E-state index in [1.54, 1.807) is 20.8 Å². The van der Waals surface area contributed by atoms with E-state index in [0.29, 0.717) is 13.0 Å². The minimum absolute atomic E-state index is 0.0125. The summed E-state index contributed by atoms with van der Waals surface area (Å²) in [4.78, 5) is 37.7. The van der Waals surface area contributed by atoms with E-state index < -0.39 is 16.8 Å². The van der Waals surface area contributed by atoms with Crippen molar-refractivity contribution in [2.24, 2.45) is 15.8 Å². The van der Waals surface area contributed by atoms with Crippen LogP contribution in [0.3, 0.4) is 0 Å². The maximum Gasteiger partial charge on any atom is 0.311 e. The van der Waals surface area contributed by atoms with Crippen LogP contribution in [0.25, 0.3) is 0 Å². The third kappa shape index (κ3) is 7.39. The first kappa shape index (κ1) is 21.3. The first-order valence-corrected chi connectivity index (χ1v) is 7.60.